The molecule has 0 spiro atoms. The van der Waals surface area contributed by atoms with E-state index in [1.54, 1.807) is 25.4 Å². The van der Waals surface area contributed by atoms with Crippen molar-refractivity contribution < 1.29 is 14.3 Å². The molecule has 0 fully saturated rings. The maximum Gasteiger partial charge on any atom is 0.319 e. The zero-order chi connectivity index (χ0) is 25.1. The zero-order valence-electron chi connectivity index (χ0n) is 19.9. The smallest absolute Gasteiger partial charge is 0.319 e. The Morgan fingerprint density at radius 3 is 2.72 bits per heavy atom. The van der Waals surface area contributed by atoms with Crippen LogP contribution in [0.3, 0.4) is 0 Å². The van der Waals surface area contributed by atoms with Crippen molar-refractivity contribution in [1.82, 2.24) is 15.3 Å². The fraction of sp³-hybridized carbons (Fsp3) is 0.185. The van der Waals surface area contributed by atoms with Gasteiger partial charge in [0.2, 0.25) is 5.95 Å². The lowest BCUT2D eigenvalue weighted by atomic mass is 9.80. The molecule has 1 aliphatic heterocycles. The minimum Gasteiger partial charge on any atom is -0.497 e. The molecule has 2 unspecified atom stereocenters. The van der Waals surface area contributed by atoms with E-state index in [4.69, 9.17) is 4.74 Å². The Kier molecular flexibility index (Phi) is 6.36. The lowest BCUT2D eigenvalue weighted by Gasteiger charge is -2.27. The van der Waals surface area contributed by atoms with Gasteiger partial charge < -0.3 is 20.4 Å². The summed E-state index contributed by atoms with van der Waals surface area (Å²) in [6.07, 6.45) is 9.79. The molecule has 1 aromatic heterocycles. The summed E-state index contributed by atoms with van der Waals surface area (Å²) in [5.41, 5.74) is 4.21. The summed E-state index contributed by atoms with van der Waals surface area (Å²) in [6.45, 7) is 2.35. The number of hydrogen-bond donors (Lipinski definition) is 4. The van der Waals surface area contributed by atoms with Gasteiger partial charge in [-0.1, -0.05) is 49.4 Å². The third-order valence-electron chi connectivity index (χ3n) is 6.26. The average molecular weight is 483 g/mol. The number of allylic oxidation sites excluding steroid dienone is 5. The van der Waals surface area contributed by atoms with Gasteiger partial charge in [0.25, 0.3) is 5.91 Å². The van der Waals surface area contributed by atoms with E-state index in [1.165, 1.54) is 0 Å². The van der Waals surface area contributed by atoms with Crippen molar-refractivity contribution in [3.8, 4) is 5.75 Å². The number of anilines is 2. The number of rotatable bonds is 6. The Bertz CT molecular complexity index is 1430. The molecule has 2 heterocycles. The van der Waals surface area contributed by atoms with Crippen LogP contribution in [0.25, 0.3) is 11.0 Å². The normalized spacial score (nSPS) is 18.2. The van der Waals surface area contributed by atoms with Gasteiger partial charge in [-0.3, -0.25) is 15.1 Å². The molecule has 1 aliphatic carbocycles. The molecule has 0 saturated carbocycles. The summed E-state index contributed by atoms with van der Waals surface area (Å²) < 4.78 is 5.15. The van der Waals surface area contributed by atoms with Crippen LogP contribution in [0.1, 0.15) is 12.5 Å². The molecular formula is C27H26N6O3. The van der Waals surface area contributed by atoms with E-state index in [2.05, 4.69) is 37.0 Å². The van der Waals surface area contributed by atoms with Gasteiger partial charge in [-0.2, -0.15) is 0 Å². The van der Waals surface area contributed by atoms with E-state index in [0.717, 1.165) is 16.9 Å². The summed E-state index contributed by atoms with van der Waals surface area (Å²) in [7, 11) is 1.61. The molecule has 9 nitrogen and oxygen atoms in total. The van der Waals surface area contributed by atoms with Crippen molar-refractivity contribution in [2.45, 2.75) is 13.5 Å². The highest BCUT2D eigenvalue weighted by Crippen LogP contribution is 2.31. The zero-order valence-corrected chi connectivity index (χ0v) is 19.9. The first-order chi connectivity index (χ1) is 17.5. The van der Waals surface area contributed by atoms with E-state index in [-0.39, 0.29) is 29.7 Å². The number of carbonyl (C=O) groups excluding carboxylic acids is 2. The summed E-state index contributed by atoms with van der Waals surface area (Å²) in [4.78, 5) is 37.5. The van der Waals surface area contributed by atoms with Gasteiger partial charge in [0.1, 0.15) is 17.0 Å². The second kappa shape index (κ2) is 9.91. The van der Waals surface area contributed by atoms with Crippen LogP contribution >= 0.6 is 0 Å². The standard InChI is InChI=1S/C27H26N6O3/c1-16-20-7-4-3-6-18(20)15-28-23(16)25(34)33-26-30-21-8-5-9-22(24(21)32-26)31-27(35)29-14-17-10-12-19(36-2)13-11-17/h3-13,15-16,20H,14H2,1-2H3,(H2,29,31,35)(H2,30,32,33,34). The molecule has 2 aliphatic rings. The number of benzene rings is 2. The minimum atomic E-state index is -0.366. The fourth-order valence-corrected chi connectivity index (χ4v) is 4.31. The van der Waals surface area contributed by atoms with Crippen molar-refractivity contribution >= 4 is 40.3 Å². The fourth-order valence-electron chi connectivity index (χ4n) is 4.31. The summed E-state index contributed by atoms with van der Waals surface area (Å²) in [5, 5.41) is 8.48. The number of aromatic amines is 1. The monoisotopic (exact) mass is 482 g/mol. The number of amides is 3. The second-order valence-electron chi connectivity index (χ2n) is 8.60. The van der Waals surface area contributed by atoms with Crippen LogP contribution in [-0.4, -0.2) is 34.7 Å². The highest BCUT2D eigenvalue weighted by atomic mass is 16.5. The van der Waals surface area contributed by atoms with E-state index in [9.17, 15) is 9.59 Å². The van der Waals surface area contributed by atoms with Crippen molar-refractivity contribution in [3.05, 3.63) is 84.1 Å². The summed E-state index contributed by atoms with van der Waals surface area (Å²) >= 11 is 0. The second-order valence-corrected chi connectivity index (χ2v) is 8.60. The SMILES string of the molecule is COc1ccc(CNC(=O)Nc2cccc3[nH]c(NC(=O)C4=NC=C5C=CC=CC5C4C)nc23)cc1. The number of nitrogens with zero attached hydrogens (tertiary/aromatic N) is 2. The number of ether oxygens (including phenoxy) is 1. The Morgan fingerprint density at radius 1 is 1.08 bits per heavy atom. The van der Waals surface area contributed by atoms with Crippen LogP contribution < -0.4 is 20.7 Å². The molecule has 9 heteroatoms. The number of para-hydroxylation sites is 1. The molecule has 0 bridgehead atoms. The number of aliphatic imine (C=N–C) groups is 1. The Morgan fingerprint density at radius 2 is 1.92 bits per heavy atom. The minimum absolute atomic E-state index is 0.0674. The predicted molar refractivity (Wildman–Crippen MR) is 140 cm³/mol. The van der Waals surface area contributed by atoms with Gasteiger partial charge in [0, 0.05) is 24.6 Å². The van der Waals surface area contributed by atoms with E-state index in [1.807, 2.05) is 55.5 Å². The van der Waals surface area contributed by atoms with Crippen LogP contribution in [0.5, 0.6) is 5.75 Å². The van der Waals surface area contributed by atoms with Crippen LogP contribution in [0, 0.1) is 11.8 Å². The number of fused-ring (bicyclic) bond motifs is 2. The first kappa shape index (κ1) is 23.1. The Labute approximate surface area is 208 Å². The average Bonchev–Trinajstić information content (AvgIpc) is 3.31. The van der Waals surface area contributed by atoms with E-state index < -0.39 is 0 Å². The molecule has 36 heavy (non-hydrogen) atoms. The molecule has 3 aromatic rings. The Balaban J connectivity index is 1.26. The molecule has 182 valence electrons. The first-order valence-electron chi connectivity index (χ1n) is 11.6. The first-order valence-corrected chi connectivity index (χ1v) is 11.6. The number of H-pyrrole nitrogens is 1. The maximum absolute atomic E-state index is 13.0. The lowest BCUT2D eigenvalue weighted by Crippen LogP contribution is -2.34. The molecular weight excluding hydrogens is 456 g/mol. The van der Waals surface area contributed by atoms with Gasteiger partial charge in [-0.25, -0.2) is 9.78 Å². The van der Waals surface area contributed by atoms with Crippen LogP contribution in [0.2, 0.25) is 0 Å². The highest BCUT2D eigenvalue weighted by Gasteiger charge is 2.30. The number of aromatic nitrogens is 2. The van der Waals surface area contributed by atoms with Gasteiger partial charge >= 0.3 is 6.03 Å². The third-order valence-corrected chi connectivity index (χ3v) is 6.26. The maximum atomic E-state index is 13.0. The molecule has 5 rings (SSSR count). The summed E-state index contributed by atoms with van der Waals surface area (Å²) in [6, 6.07) is 12.5. The van der Waals surface area contributed by atoms with E-state index in [0.29, 0.717) is 29.0 Å². The number of nitrogens with one attached hydrogen (secondary N) is 4. The number of methoxy groups -OCH3 is 1. The molecule has 2 aromatic carbocycles. The van der Waals surface area contributed by atoms with Gasteiger partial charge in [-0.15, -0.1) is 0 Å². The lowest BCUT2D eigenvalue weighted by molar-refractivity contribution is -0.110. The highest BCUT2D eigenvalue weighted by molar-refractivity contribution is 6.44. The van der Waals surface area contributed by atoms with Crippen LogP contribution in [0.4, 0.5) is 16.4 Å². The molecule has 4 N–H and O–H groups in total. The molecule has 2 atom stereocenters. The topological polar surface area (TPSA) is 120 Å². The van der Waals surface area contributed by atoms with Gasteiger partial charge in [0.05, 0.1) is 18.3 Å². The quantitative estimate of drug-likeness (QED) is 0.412. The third kappa shape index (κ3) is 4.76. The van der Waals surface area contributed by atoms with Crippen molar-refractivity contribution in [2.75, 3.05) is 17.7 Å². The number of carbonyl (C=O) groups is 2. The molecule has 0 saturated heterocycles. The number of urea groups is 1. The summed E-state index contributed by atoms with van der Waals surface area (Å²) in [5.74, 6) is 0.780. The van der Waals surface area contributed by atoms with Gasteiger partial charge in [-0.05, 0) is 35.4 Å². The van der Waals surface area contributed by atoms with E-state index >= 15 is 0 Å². The largest absolute Gasteiger partial charge is 0.497 e. The Hall–Kier alpha value is -4.66. The molecule has 3 amide bonds. The molecule has 0 radical (unpaired) electrons. The number of imidazole rings is 1. The van der Waals surface area contributed by atoms with Gasteiger partial charge in [0.15, 0.2) is 0 Å². The van der Waals surface area contributed by atoms with Crippen LogP contribution in [-0.2, 0) is 11.3 Å². The van der Waals surface area contributed by atoms with Crippen LogP contribution in [0.15, 0.2) is 83.5 Å². The predicted octanol–water partition coefficient (Wildman–Crippen LogP) is 4.55. The van der Waals surface area contributed by atoms with Crippen molar-refractivity contribution in [1.29, 1.82) is 0 Å². The van der Waals surface area contributed by atoms with Crippen molar-refractivity contribution in [3.63, 3.8) is 0 Å². The van der Waals surface area contributed by atoms with Crippen molar-refractivity contribution in [2.24, 2.45) is 16.8 Å². The number of hydrogen-bond acceptors (Lipinski definition) is 5.